The Labute approximate surface area is 175 Å². The van der Waals surface area contributed by atoms with Crippen LogP contribution in [0.4, 0.5) is 0 Å². The minimum Gasteiger partial charge on any atom is -0.346 e. The molecule has 0 spiro atoms. The molecule has 2 aliphatic rings. The third-order valence-corrected chi connectivity index (χ3v) is 7.76. The highest BCUT2D eigenvalue weighted by molar-refractivity contribution is 7.94. The molecule has 8 nitrogen and oxygen atoms in total. The Morgan fingerprint density at radius 1 is 1.23 bits per heavy atom. The fraction of sp³-hybridized carbons (Fsp3) is 0.476. The number of allylic oxidation sites excluding steroid dienone is 3. The van der Waals surface area contributed by atoms with Crippen LogP contribution in [0.1, 0.15) is 37.8 Å². The number of H-pyrrole nitrogens is 1. The Hall–Kier alpha value is -2.52. The second-order valence-corrected chi connectivity index (χ2v) is 10.6. The molecule has 9 heteroatoms. The first-order valence-electron chi connectivity index (χ1n) is 10.4. The Morgan fingerprint density at radius 3 is 2.77 bits per heavy atom. The molecule has 1 unspecified atom stereocenters. The number of aromatic amines is 1. The van der Waals surface area contributed by atoms with Gasteiger partial charge in [-0.1, -0.05) is 23.8 Å². The van der Waals surface area contributed by atoms with Gasteiger partial charge in [0.15, 0.2) is 9.84 Å². The van der Waals surface area contributed by atoms with Gasteiger partial charge >= 0.3 is 0 Å². The topological polar surface area (TPSA) is 96.2 Å². The molecule has 30 heavy (non-hydrogen) atoms. The van der Waals surface area contributed by atoms with Crippen molar-refractivity contribution < 1.29 is 8.42 Å². The monoisotopic (exact) mass is 426 g/mol. The Morgan fingerprint density at radius 2 is 2.03 bits per heavy atom. The van der Waals surface area contributed by atoms with Gasteiger partial charge in [-0.3, -0.25) is 4.90 Å². The van der Waals surface area contributed by atoms with Crippen LogP contribution in [0.25, 0.3) is 16.6 Å². The van der Waals surface area contributed by atoms with Crippen LogP contribution in [0.3, 0.4) is 0 Å². The van der Waals surface area contributed by atoms with Gasteiger partial charge in [0.05, 0.1) is 5.69 Å². The SMILES string of the molecule is CC1CC(CN2CCC(c3nnn4cnc5[nH]ccc5c34)CC2)=CC=C1S(C)(=O)=O. The van der Waals surface area contributed by atoms with E-state index in [1.807, 2.05) is 25.3 Å². The van der Waals surface area contributed by atoms with Crippen LogP contribution in [-0.2, 0) is 9.84 Å². The average molecular weight is 427 g/mol. The summed E-state index contributed by atoms with van der Waals surface area (Å²) < 4.78 is 25.5. The normalized spacial score (nSPS) is 21.9. The molecule has 1 saturated heterocycles. The average Bonchev–Trinajstić information content (AvgIpc) is 3.34. The molecule has 0 radical (unpaired) electrons. The van der Waals surface area contributed by atoms with Crippen molar-refractivity contribution in [2.75, 3.05) is 25.9 Å². The molecule has 3 aromatic heterocycles. The fourth-order valence-corrected chi connectivity index (χ4v) is 6.01. The van der Waals surface area contributed by atoms with Crippen molar-refractivity contribution in [3.63, 3.8) is 0 Å². The number of fused-ring (bicyclic) bond motifs is 3. The molecular weight excluding hydrogens is 400 g/mol. The van der Waals surface area contributed by atoms with Crippen molar-refractivity contribution in [2.45, 2.75) is 32.1 Å². The van der Waals surface area contributed by atoms with Crippen LogP contribution in [-0.4, -0.2) is 64.0 Å². The Kier molecular flexibility index (Phi) is 4.74. The number of hydrogen-bond acceptors (Lipinski definition) is 6. The van der Waals surface area contributed by atoms with Crippen molar-refractivity contribution in [1.29, 1.82) is 0 Å². The van der Waals surface area contributed by atoms with Gasteiger partial charge in [0, 0.05) is 35.2 Å². The lowest BCUT2D eigenvalue weighted by Crippen LogP contribution is -2.35. The first-order chi connectivity index (χ1) is 14.4. The molecule has 5 rings (SSSR count). The highest BCUT2D eigenvalue weighted by Gasteiger charge is 2.28. The van der Waals surface area contributed by atoms with Crippen LogP contribution >= 0.6 is 0 Å². The third-order valence-electron chi connectivity index (χ3n) is 6.36. The zero-order chi connectivity index (χ0) is 20.9. The molecule has 1 atom stereocenters. The highest BCUT2D eigenvalue weighted by atomic mass is 32.2. The molecule has 0 amide bonds. The highest BCUT2D eigenvalue weighted by Crippen LogP contribution is 2.33. The summed E-state index contributed by atoms with van der Waals surface area (Å²) >= 11 is 0. The second-order valence-electron chi connectivity index (χ2n) is 8.57. The smallest absolute Gasteiger partial charge is 0.171 e. The lowest BCUT2D eigenvalue weighted by Gasteiger charge is -2.33. The largest absolute Gasteiger partial charge is 0.346 e. The number of rotatable bonds is 4. The van der Waals surface area contributed by atoms with Gasteiger partial charge in [-0.15, -0.1) is 5.10 Å². The molecule has 0 bridgehead atoms. The number of sulfone groups is 1. The summed E-state index contributed by atoms with van der Waals surface area (Å²) in [6.07, 6.45) is 11.6. The first-order valence-corrected chi connectivity index (χ1v) is 12.3. The summed E-state index contributed by atoms with van der Waals surface area (Å²) in [4.78, 5) is 10.6. The number of aromatic nitrogens is 5. The molecule has 1 fully saturated rings. The maximum atomic E-state index is 11.9. The van der Waals surface area contributed by atoms with Gasteiger partial charge in [0.1, 0.15) is 17.5 Å². The van der Waals surface area contributed by atoms with Crippen LogP contribution in [0.2, 0.25) is 0 Å². The zero-order valence-corrected chi connectivity index (χ0v) is 18.1. The number of nitrogens with zero attached hydrogens (tertiary/aromatic N) is 5. The summed E-state index contributed by atoms with van der Waals surface area (Å²) in [5.41, 5.74) is 4.29. The van der Waals surface area contributed by atoms with E-state index in [1.54, 1.807) is 16.9 Å². The van der Waals surface area contributed by atoms with Crippen molar-refractivity contribution in [2.24, 2.45) is 5.92 Å². The van der Waals surface area contributed by atoms with Crippen molar-refractivity contribution in [1.82, 2.24) is 29.7 Å². The van der Waals surface area contributed by atoms with E-state index in [2.05, 4.69) is 25.2 Å². The number of nitrogens with one attached hydrogen (secondary N) is 1. The quantitative estimate of drug-likeness (QED) is 0.689. The predicted molar refractivity (Wildman–Crippen MR) is 116 cm³/mol. The van der Waals surface area contributed by atoms with Gasteiger partial charge in [-0.2, -0.15) is 0 Å². The van der Waals surface area contributed by atoms with Gasteiger partial charge in [-0.05, 0) is 50.4 Å². The van der Waals surface area contributed by atoms with E-state index in [0.717, 1.165) is 61.1 Å². The molecule has 158 valence electrons. The van der Waals surface area contributed by atoms with Crippen LogP contribution < -0.4 is 0 Å². The summed E-state index contributed by atoms with van der Waals surface area (Å²) in [5, 5.41) is 9.84. The molecule has 3 aromatic rings. The molecule has 1 aliphatic carbocycles. The van der Waals surface area contributed by atoms with E-state index < -0.39 is 9.84 Å². The molecule has 1 aliphatic heterocycles. The Balaban J connectivity index is 1.29. The number of piperidine rings is 1. The third kappa shape index (κ3) is 3.45. The van der Waals surface area contributed by atoms with E-state index in [-0.39, 0.29) is 5.92 Å². The maximum Gasteiger partial charge on any atom is 0.171 e. The lowest BCUT2D eigenvalue weighted by atomic mass is 9.91. The van der Waals surface area contributed by atoms with Gasteiger partial charge in [-0.25, -0.2) is 17.9 Å². The predicted octanol–water partition coefficient (Wildman–Crippen LogP) is 2.68. The maximum absolute atomic E-state index is 11.9. The molecule has 4 heterocycles. The lowest BCUT2D eigenvalue weighted by molar-refractivity contribution is 0.224. The van der Waals surface area contributed by atoms with Crippen LogP contribution in [0.5, 0.6) is 0 Å². The summed E-state index contributed by atoms with van der Waals surface area (Å²) in [7, 11) is -3.11. The molecule has 0 aromatic carbocycles. The van der Waals surface area contributed by atoms with Gasteiger partial charge in [0.2, 0.25) is 0 Å². The van der Waals surface area contributed by atoms with Gasteiger partial charge in [0.25, 0.3) is 0 Å². The standard InChI is InChI=1S/C21H26N6O2S/c1-14-11-15(3-4-18(14)30(2,28)29)12-26-9-6-16(7-10-26)19-20-17-5-8-22-21(17)23-13-27(20)25-24-19/h3-5,8,13-14,16,22H,6-7,9-12H2,1-2H3. The first kappa shape index (κ1) is 19.4. The van der Waals surface area contributed by atoms with E-state index in [0.29, 0.717) is 10.8 Å². The number of hydrogen-bond donors (Lipinski definition) is 1. The summed E-state index contributed by atoms with van der Waals surface area (Å²) in [6, 6.07) is 2.04. The zero-order valence-electron chi connectivity index (χ0n) is 17.2. The van der Waals surface area contributed by atoms with Crippen molar-refractivity contribution in [3.8, 4) is 0 Å². The van der Waals surface area contributed by atoms with E-state index in [1.165, 1.54) is 11.8 Å². The van der Waals surface area contributed by atoms with E-state index in [4.69, 9.17) is 0 Å². The summed E-state index contributed by atoms with van der Waals surface area (Å²) in [5.74, 6) is 0.438. The Bertz CT molecular complexity index is 1260. The van der Waals surface area contributed by atoms with Crippen molar-refractivity contribution >= 4 is 26.4 Å². The van der Waals surface area contributed by atoms with Crippen LogP contribution in [0, 0.1) is 5.92 Å². The molecule has 1 N–H and O–H groups in total. The minimum absolute atomic E-state index is 0.0536. The minimum atomic E-state index is -3.11. The van der Waals surface area contributed by atoms with Crippen molar-refractivity contribution in [3.05, 3.63) is 46.9 Å². The number of likely N-dealkylation sites (tertiary alicyclic amines) is 1. The molecular formula is C21H26N6O2S. The second kappa shape index (κ2) is 7.31. The van der Waals surface area contributed by atoms with Gasteiger partial charge < -0.3 is 4.98 Å². The van der Waals surface area contributed by atoms with Crippen LogP contribution in [0.15, 0.2) is 41.2 Å². The van der Waals surface area contributed by atoms with E-state index >= 15 is 0 Å². The molecule has 0 saturated carbocycles. The fourth-order valence-electron chi connectivity index (χ4n) is 4.88. The van der Waals surface area contributed by atoms with E-state index in [9.17, 15) is 8.42 Å². The summed E-state index contributed by atoms with van der Waals surface area (Å²) in [6.45, 7) is 4.90.